The van der Waals surface area contributed by atoms with Gasteiger partial charge in [-0.2, -0.15) is 0 Å². The molecular weight excluding hydrogens is 329 g/mol. The van der Waals surface area contributed by atoms with Crippen molar-refractivity contribution in [3.05, 3.63) is 57.2 Å². The second-order valence-electron chi connectivity index (χ2n) is 5.39. The molecule has 2 heterocycles. The summed E-state index contributed by atoms with van der Waals surface area (Å²) in [5, 5.41) is 3.18. The number of halogens is 1. The second kappa shape index (κ2) is 6.52. The minimum absolute atomic E-state index is 0.137. The molecular formula is C17H16FN3O2S. The highest BCUT2D eigenvalue weighted by atomic mass is 32.1. The van der Waals surface area contributed by atoms with Gasteiger partial charge in [-0.25, -0.2) is 9.37 Å². The van der Waals surface area contributed by atoms with Gasteiger partial charge in [0.2, 0.25) is 5.91 Å². The lowest BCUT2D eigenvalue weighted by Gasteiger charge is -2.10. The summed E-state index contributed by atoms with van der Waals surface area (Å²) in [4.78, 5) is 31.0. The van der Waals surface area contributed by atoms with E-state index in [1.165, 1.54) is 40.2 Å². The Morgan fingerprint density at radius 2 is 2.04 bits per heavy atom. The zero-order chi connectivity index (χ0) is 17.3. The Hall–Kier alpha value is -2.54. The van der Waals surface area contributed by atoms with E-state index in [1.807, 2.05) is 13.0 Å². The number of rotatable bonds is 4. The molecule has 0 aliphatic rings. The molecule has 0 saturated carbocycles. The van der Waals surface area contributed by atoms with Gasteiger partial charge in [-0.05, 0) is 43.7 Å². The van der Waals surface area contributed by atoms with E-state index in [1.54, 1.807) is 6.92 Å². The van der Waals surface area contributed by atoms with Crippen molar-refractivity contribution in [2.24, 2.45) is 0 Å². The molecule has 24 heavy (non-hydrogen) atoms. The average molecular weight is 345 g/mol. The summed E-state index contributed by atoms with van der Waals surface area (Å²) in [7, 11) is 0. The predicted molar refractivity (Wildman–Crippen MR) is 93.0 cm³/mol. The van der Waals surface area contributed by atoms with Gasteiger partial charge in [0.15, 0.2) is 0 Å². The van der Waals surface area contributed by atoms with E-state index >= 15 is 0 Å². The van der Waals surface area contributed by atoms with Gasteiger partial charge in [0.1, 0.15) is 23.0 Å². The molecule has 0 aliphatic carbocycles. The van der Waals surface area contributed by atoms with Gasteiger partial charge in [-0.3, -0.25) is 14.2 Å². The molecule has 7 heteroatoms. The molecule has 0 atom stereocenters. The standard InChI is InChI=1S/C17H16FN3O2S/c1-3-13-8-14-16(24-13)19-10(2)21(17(14)23)9-15(22)20-12-6-4-11(18)5-7-12/h4-8H,3,9H2,1-2H3,(H,20,22). The number of nitrogens with one attached hydrogen (secondary N) is 1. The molecule has 1 amide bonds. The Morgan fingerprint density at radius 3 is 2.71 bits per heavy atom. The van der Waals surface area contributed by atoms with Crippen LogP contribution in [0.4, 0.5) is 10.1 Å². The van der Waals surface area contributed by atoms with Crippen LogP contribution in [0.3, 0.4) is 0 Å². The van der Waals surface area contributed by atoms with Gasteiger partial charge >= 0.3 is 0 Å². The number of carbonyl (C=O) groups is 1. The smallest absolute Gasteiger partial charge is 0.262 e. The Balaban J connectivity index is 1.87. The van der Waals surface area contributed by atoms with Gasteiger partial charge in [0, 0.05) is 10.6 Å². The molecule has 3 aromatic rings. The van der Waals surface area contributed by atoms with Crippen LogP contribution < -0.4 is 10.9 Å². The van der Waals surface area contributed by atoms with Crippen LogP contribution in [0.25, 0.3) is 10.2 Å². The van der Waals surface area contributed by atoms with E-state index < -0.39 is 0 Å². The van der Waals surface area contributed by atoms with E-state index in [-0.39, 0.29) is 23.8 Å². The number of hydrogen-bond acceptors (Lipinski definition) is 4. The van der Waals surface area contributed by atoms with Gasteiger partial charge in [0.25, 0.3) is 5.56 Å². The first-order valence-corrected chi connectivity index (χ1v) is 8.35. The zero-order valence-corrected chi connectivity index (χ0v) is 14.1. The highest BCUT2D eigenvalue weighted by Crippen LogP contribution is 2.22. The van der Waals surface area contributed by atoms with Crippen molar-refractivity contribution < 1.29 is 9.18 Å². The Labute approximate surface area is 141 Å². The quantitative estimate of drug-likeness (QED) is 0.790. The second-order valence-corrected chi connectivity index (χ2v) is 6.51. The Morgan fingerprint density at radius 1 is 1.33 bits per heavy atom. The number of nitrogens with zero attached hydrogens (tertiary/aromatic N) is 2. The van der Waals surface area contributed by atoms with Crippen LogP contribution in [0.5, 0.6) is 0 Å². The lowest BCUT2D eigenvalue weighted by atomic mass is 10.3. The number of amides is 1. The maximum Gasteiger partial charge on any atom is 0.262 e. The van der Waals surface area contributed by atoms with Crippen molar-refractivity contribution in [2.45, 2.75) is 26.8 Å². The molecule has 0 aliphatic heterocycles. The van der Waals surface area contributed by atoms with E-state index in [2.05, 4.69) is 10.3 Å². The fourth-order valence-corrected chi connectivity index (χ4v) is 3.41. The number of aromatic nitrogens is 2. The number of fused-ring (bicyclic) bond motifs is 1. The van der Waals surface area contributed by atoms with Crippen molar-refractivity contribution >= 4 is 33.1 Å². The van der Waals surface area contributed by atoms with Crippen LogP contribution in [0, 0.1) is 12.7 Å². The molecule has 124 valence electrons. The third-order valence-corrected chi connectivity index (χ3v) is 4.84. The Kier molecular flexibility index (Phi) is 4.44. The number of anilines is 1. The third-order valence-electron chi connectivity index (χ3n) is 3.67. The Bertz CT molecular complexity index is 960. The van der Waals surface area contributed by atoms with Gasteiger partial charge in [-0.15, -0.1) is 11.3 Å². The van der Waals surface area contributed by atoms with E-state index in [0.29, 0.717) is 21.7 Å². The fourth-order valence-electron chi connectivity index (χ4n) is 2.41. The molecule has 3 rings (SSSR count). The molecule has 0 radical (unpaired) electrons. The fraction of sp³-hybridized carbons (Fsp3) is 0.235. The van der Waals surface area contributed by atoms with Crippen LogP contribution in [-0.4, -0.2) is 15.5 Å². The number of carbonyl (C=O) groups excluding carboxylic acids is 1. The van der Waals surface area contributed by atoms with Gasteiger partial charge < -0.3 is 5.32 Å². The van der Waals surface area contributed by atoms with E-state index in [4.69, 9.17) is 0 Å². The van der Waals surface area contributed by atoms with Crippen molar-refractivity contribution in [1.29, 1.82) is 0 Å². The highest BCUT2D eigenvalue weighted by molar-refractivity contribution is 7.18. The summed E-state index contributed by atoms with van der Waals surface area (Å²) in [6, 6.07) is 7.30. The lowest BCUT2D eigenvalue weighted by Crippen LogP contribution is -2.29. The van der Waals surface area contributed by atoms with Crippen molar-refractivity contribution in [1.82, 2.24) is 9.55 Å². The number of aryl methyl sites for hydroxylation is 2. The van der Waals surface area contributed by atoms with Gasteiger partial charge in [-0.1, -0.05) is 6.92 Å². The van der Waals surface area contributed by atoms with Gasteiger partial charge in [0.05, 0.1) is 5.39 Å². The van der Waals surface area contributed by atoms with Crippen LogP contribution in [-0.2, 0) is 17.8 Å². The monoisotopic (exact) mass is 345 g/mol. The maximum atomic E-state index is 12.9. The first kappa shape index (κ1) is 16.3. The average Bonchev–Trinajstić information content (AvgIpc) is 2.97. The van der Waals surface area contributed by atoms with E-state index in [0.717, 1.165) is 11.3 Å². The van der Waals surface area contributed by atoms with E-state index in [9.17, 15) is 14.0 Å². The summed E-state index contributed by atoms with van der Waals surface area (Å²) in [6.45, 7) is 3.59. The van der Waals surface area contributed by atoms with Crippen LogP contribution in [0.1, 0.15) is 17.6 Å². The SMILES string of the molecule is CCc1cc2c(=O)n(CC(=O)Nc3ccc(F)cc3)c(C)nc2s1. The first-order valence-electron chi connectivity index (χ1n) is 7.53. The maximum absolute atomic E-state index is 12.9. The molecule has 0 fully saturated rings. The predicted octanol–water partition coefficient (Wildman–Crippen LogP) is 3.11. The zero-order valence-electron chi connectivity index (χ0n) is 13.3. The summed E-state index contributed by atoms with van der Waals surface area (Å²) >= 11 is 1.50. The summed E-state index contributed by atoms with van der Waals surface area (Å²) < 4.78 is 14.2. The van der Waals surface area contributed by atoms with Crippen LogP contribution in [0.2, 0.25) is 0 Å². The lowest BCUT2D eigenvalue weighted by molar-refractivity contribution is -0.116. The topological polar surface area (TPSA) is 64.0 Å². The molecule has 2 aromatic heterocycles. The summed E-state index contributed by atoms with van der Waals surface area (Å²) in [5.74, 6) is -0.246. The molecule has 0 bridgehead atoms. The van der Waals surface area contributed by atoms with Crippen LogP contribution >= 0.6 is 11.3 Å². The number of hydrogen-bond donors (Lipinski definition) is 1. The molecule has 1 aromatic carbocycles. The first-order chi connectivity index (χ1) is 11.5. The number of thiophene rings is 1. The van der Waals surface area contributed by atoms with Crippen molar-refractivity contribution in [3.8, 4) is 0 Å². The van der Waals surface area contributed by atoms with Crippen molar-refractivity contribution in [2.75, 3.05) is 5.32 Å². The summed E-state index contributed by atoms with van der Waals surface area (Å²) in [6.07, 6.45) is 0.838. The molecule has 5 nitrogen and oxygen atoms in total. The highest BCUT2D eigenvalue weighted by Gasteiger charge is 2.14. The number of benzene rings is 1. The summed E-state index contributed by atoms with van der Waals surface area (Å²) in [5.41, 5.74) is 0.257. The van der Waals surface area contributed by atoms with Crippen molar-refractivity contribution in [3.63, 3.8) is 0 Å². The molecule has 1 N–H and O–H groups in total. The minimum atomic E-state index is -0.376. The molecule has 0 unspecified atom stereocenters. The minimum Gasteiger partial charge on any atom is -0.325 e. The normalized spacial score (nSPS) is 11.0. The molecule has 0 saturated heterocycles. The van der Waals surface area contributed by atoms with Crippen LogP contribution in [0.15, 0.2) is 35.1 Å². The largest absolute Gasteiger partial charge is 0.325 e. The molecule has 0 spiro atoms. The third kappa shape index (κ3) is 3.21.